The molecule has 0 radical (unpaired) electrons. The molecule has 2 aromatic carbocycles. The Morgan fingerprint density at radius 1 is 1.19 bits per heavy atom. The van der Waals surface area contributed by atoms with E-state index in [0.29, 0.717) is 22.4 Å². The van der Waals surface area contributed by atoms with Crippen LogP contribution in [0.15, 0.2) is 36.4 Å². The molecular formula is C25H30ClN3O3. The lowest BCUT2D eigenvalue weighted by molar-refractivity contribution is 0.0170. The summed E-state index contributed by atoms with van der Waals surface area (Å²) in [4.78, 5) is 19.3. The molecule has 0 saturated carbocycles. The fourth-order valence-electron chi connectivity index (χ4n) is 4.31. The number of aryl methyl sites for hydroxylation is 2. The Hall–Kier alpha value is -2.41. The maximum absolute atomic E-state index is 11.9. The lowest BCUT2D eigenvalue weighted by Gasteiger charge is -2.32. The molecule has 1 aliphatic rings. The van der Waals surface area contributed by atoms with Gasteiger partial charge in [-0.3, -0.25) is 9.69 Å². The fourth-order valence-corrected chi connectivity index (χ4v) is 4.59. The zero-order chi connectivity index (χ0) is 22.7. The molecule has 0 aliphatic carbocycles. The van der Waals surface area contributed by atoms with Crippen molar-refractivity contribution in [2.45, 2.75) is 39.3 Å². The minimum atomic E-state index is 0.0533. The number of halogens is 1. The van der Waals surface area contributed by atoms with Crippen LogP contribution in [-0.4, -0.2) is 59.7 Å². The first-order valence-electron chi connectivity index (χ1n) is 11.1. The van der Waals surface area contributed by atoms with E-state index in [1.54, 1.807) is 14.0 Å². The Kier molecular flexibility index (Phi) is 7.13. The van der Waals surface area contributed by atoms with E-state index < -0.39 is 0 Å². The number of hydrogen-bond acceptors (Lipinski definition) is 5. The molecule has 0 unspecified atom stereocenters. The molecule has 1 atom stereocenters. The molecule has 2 heterocycles. The number of carbonyl (C=O) groups is 1. The summed E-state index contributed by atoms with van der Waals surface area (Å²) < 4.78 is 13.1. The highest BCUT2D eigenvalue weighted by molar-refractivity contribution is 6.32. The summed E-state index contributed by atoms with van der Waals surface area (Å²) >= 11 is 6.32. The number of benzene rings is 2. The van der Waals surface area contributed by atoms with Gasteiger partial charge in [0.05, 0.1) is 36.4 Å². The summed E-state index contributed by atoms with van der Waals surface area (Å²) in [6, 6.07) is 12.1. The van der Waals surface area contributed by atoms with Gasteiger partial charge in [0.15, 0.2) is 5.78 Å². The van der Waals surface area contributed by atoms with Crippen molar-refractivity contribution in [1.82, 2.24) is 14.5 Å². The highest BCUT2D eigenvalue weighted by Crippen LogP contribution is 2.26. The van der Waals surface area contributed by atoms with Crippen molar-refractivity contribution in [2.75, 3.05) is 33.4 Å². The molecule has 0 spiro atoms. The van der Waals surface area contributed by atoms with E-state index in [4.69, 9.17) is 26.1 Å². The van der Waals surface area contributed by atoms with Gasteiger partial charge < -0.3 is 14.0 Å². The second kappa shape index (κ2) is 10.0. The lowest BCUT2D eigenvalue weighted by Crippen LogP contribution is -2.44. The molecule has 6 nitrogen and oxygen atoms in total. The molecule has 1 aliphatic heterocycles. The lowest BCUT2D eigenvalue weighted by atomic mass is 10.1. The first-order chi connectivity index (χ1) is 15.5. The van der Waals surface area contributed by atoms with Gasteiger partial charge in [-0.2, -0.15) is 0 Å². The molecule has 170 valence electrons. The molecule has 0 amide bonds. The van der Waals surface area contributed by atoms with Crippen molar-refractivity contribution in [3.8, 4) is 5.75 Å². The largest absolute Gasteiger partial charge is 0.495 e. The van der Waals surface area contributed by atoms with Gasteiger partial charge in [0.2, 0.25) is 0 Å². The number of fused-ring (bicyclic) bond motifs is 1. The second-order valence-electron chi connectivity index (χ2n) is 8.36. The van der Waals surface area contributed by atoms with Crippen LogP contribution in [-0.2, 0) is 24.1 Å². The molecule has 32 heavy (non-hydrogen) atoms. The number of ether oxygens (including phenoxy) is 2. The van der Waals surface area contributed by atoms with Crippen LogP contribution < -0.4 is 4.74 Å². The fraction of sp³-hybridized carbons (Fsp3) is 0.440. The average Bonchev–Trinajstić information content (AvgIpc) is 3.14. The number of rotatable bonds is 8. The minimum absolute atomic E-state index is 0.0533. The molecule has 1 aromatic heterocycles. The van der Waals surface area contributed by atoms with E-state index in [-0.39, 0.29) is 5.78 Å². The SMILES string of the molecule is COc1ccc(CCc2nc3cc(C(C)=O)ccc3n2C[C@H](C)N2CCOCC2)cc1Cl. The number of ketones is 1. The van der Waals surface area contributed by atoms with Gasteiger partial charge in [0.1, 0.15) is 11.6 Å². The van der Waals surface area contributed by atoms with Crippen LogP contribution >= 0.6 is 11.6 Å². The summed E-state index contributed by atoms with van der Waals surface area (Å²) in [6.45, 7) is 8.14. The van der Waals surface area contributed by atoms with Gasteiger partial charge in [-0.25, -0.2) is 4.98 Å². The number of aromatic nitrogens is 2. The van der Waals surface area contributed by atoms with Crippen molar-refractivity contribution >= 4 is 28.4 Å². The van der Waals surface area contributed by atoms with Crippen molar-refractivity contribution in [1.29, 1.82) is 0 Å². The molecule has 0 N–H and O–H groups in total. The van der Waals surface area contributed by atoms with Gasteiger partial charge in [0, 0.05) is 37.7 Å². The topological polar surface area (TPSA) is 56.6 Å². The van der Waals surface area contributed by atoms with Gasteiger partial charge >= 0.3 is 0 Å². The first kappa shape index (κ1) is 22.8. The average molecular weight is 456 g/mol. The van der Waals surface area contributed by atoms with E-state index >= 15 is 0 Å². The summed E-state index contributed by atoms with van der Waals surface area (Å²) in [5.74, 6) is 1.75. The third kappa shape index (κ3) is 4.98. The predicted octanol–water partition coefficient (Wildman–Crippen LogP) is 4.41. The summed E-state index contributed by atoms with van der Waals surface area (Å²) in [6.07, 6.45) is 1.60. The maximum Gasteiger partial charge on any atom is 0.159 e. The van der Waals surface area contributed by atoms with Gasteiger partial charge in [0.25, 0.3) is 0 Å². The zero-order valence-corrected chi connectivity index (χ0v) is 19.7. The van der Waals surface area contributed by atoms with Crippen LogP contribution in [0, 0.1) is 0 Å². The summed E-state index contributed by atoms with van der Waals surface area (Å²) in [5, 5.41) is 0.616. The van der Waals surface area contributed by atoms with E-state index in [0.717, 1.165) is 68.1 Å². The summed E-state index contributed by atoms with van der Waals surface area (Å²) in [7, 11) is 1.62. The number of Topliss-reactive ketones (excluding diaryl/α,β-unsaturated/α-hetero) is 1. The van der Waals surface area contributed by atoms with Gasteiger partial charge in [-0.1, -0.05) is 17.7 Å². The highest BCUT2D eigenvalue weighted by Gasteiger charge is 2.20. The number of carbonyl (C=O) groups excluding carboxylic acids is 1. The van der Waals surface area contributed by atoms with Crippen molar-refractivity contribution in [2.24, 2.45) is 0 Å². The third-order valence-electron chi connectivity index (χ3n) is 6.20. The smallest absolute Gasteiger partial charge is 0.159 e. The number of morpholine rings is 1. The molecule has 4 rings (SSSR count). The predicted molar refractivity (Wildman–Crippen MR) is 127 cm³/mol. The maximum atomic E-state index is 11.9. The van der Waals surface area contributed by atoms with Crippen LogP contribution in [0.3, 0.4) is 0 Å². The Balaban J connectivity index is 1.62. The first-order valence-corrected chi connectivity index (χ1v) is 11.5. The Bertz CT molecular complexity index is 1110. The van der Waals surface area contributed by atoms with Crippen LogP contribution in [0.1, 0.15) is 35.6 Å². The number of hydrogen-bond donors (Lipinski definition) is 0. The normalized spacial score (nSPS) is 15.8. The quantitative estimate of drug-likeness (QED) is 0.471. The standard InChI is InChI=1S/C25H30ClN3O3/c1-17(28-10-12-32-13-11-28)16-29-23-7-6-20(18(2)30)15-22(23)27-25(29)9-5-19-4-8-24(31-3)21(26)14-19/h4,6-8,14-15,17H,5,9-13,16H2,1-3H3/t17-/m0/s1. The van der Waals surface area contributed by atoms with Crippen LogP contribution in [0.5, 0.6) is 5.75 Å². The molecule has 1 fully saturated rings. The number of methoxy groups -OCH3 is 1. The molecule has 3 aromatic rings. The van der Waals surface area contributed by atoms with Crippen LogP contribution in [0.2, 0.25) is 5.02 Å². The van der Waals surface area contributed by atoms with E-state index in [1.807, 2.05) is 36.4 Å². The van der Waals surface area contributed by atoms with Crippen LogP contribution in [0.25, 0.3) is 11.0 Å². The highest BCUT2D eigenvalue weighted by atomic mass is 35.5. The summed E-state index contributed by atoms with van der Waals surface area (Å²) in [5.41, 5.74) is 3.77. The third-order valence-corrected chi connectivity index (χ3v) is 6.50. The van der Waals surface area contributed by atoms with E-state index in [9.17, 15) is 4.79 Å². The second-order valence-corrected chi connectivity index (χ2v) is 8.77. The molecular weight excluding hydrogens is 426 g/mol. The molecule has 7 heteroatoms. The minimum Gasteiger partial charge on any atom is -0.495 e. The molecule has 1 saturated heterocycles. The monoisotopic (exact) mass is 455 g/mol. The van der Waals surface area contributed by atoms with Gasteiger partial charge in [-0.05, 0) is 56.2 Å². The number of nitrogens with zero attached hydrogens (tertiary/aromatic N) is 3. The molecule has 0 bridgehead atoms. The van der Waals surface area contributed by atoms with Gasteiger partial charge in [-0.15, -0.1) is 0 Å². The van der Waals surface area contributed by atoms with E-state index in [1.165, 1.54) is 0 Å². The van der Waals surface area contributed by atoms with Crippen LogP contribution in [0.4, 0.5) is 0 Å². The Morgan fingerprint density at radius 3 is 2.66 bits per heavy atom. The Labute approximate surface area is 194 Å². The van der Waals surface area contributed by atoms with Crippen molar-refractivity contribution in [3.05, 3.63) is 58.4 Å². The van der Waals surface area contributed by atoms with Crippen molar-refractivity contribution in [3.63, 3.8) is 0 Å². The number of imidazole rings is 1. The van der Waals surface area contributed by atoms with E-state index in [2.05, 4.69) is 16.4 Å². The zero-order valence-electron chi connectivity index (χ0n) is 18.9. The Morgan fingerprint density at radius 2 is 1.97 bits per heavy atom. The van der Waals surface area contributed by atoms with Crippen molar-refractivity contribution < 1.29 is 14.3 Å².